The Hall–Kier alpha value is -2.18. The van der Waals surface area contributed by atoms with Crippen molar-refractivity contribution in [3.05, 3.63) is 28.2 Å². The van der Waals surface area contributed by atoms with Crippen LogP contribution in [0.5, 0.6) is 0 Å². The van der Waals surface area contributed by atoms with Gasteiger partial charge in [-0.1, -0.05) is 0 Å². The molecular weight excluding hydrogens is 250 g/mol. The van der Waals surface area contributed by atoms with Crippen LogP contribution in [-0.2, 0) is 11.8 Å². The largest absolute Gasteiger partial charge is 0.480 e. The zero-order valence-corrected chi connectivity index (χ0v) is 10.6. The van der Waals surface area contributed by atoms with Gasteiger partial charge in [-0.2, -0.15) is 5.10 Å². The van der Waals surface area contributed by atoms with Gasteiger partial charge in [-0.05, 0) is 24.8 Å². The lowest BCUT2D eigenvalue weighted by Crippen LogP contribution is -2.38. The summed E-state index contributed by atoms with van der Waals surface area (Å²) in [6.45, 7) is 0.0789. The standard InChI is InChI=1S/C12H15N3O4/c1-14-10(16)5-4-9(13-14)12(19)15(7-11(17)18)6-8-2-3-8/h4-5,8H,2-3,6-7H2,1H3,(H,17,18). The molecule has 7 nitrogen and oxygen atoms in total. The second-order valence-electron chi connectivity index (χ2n) is 4.70. The van der Waals surface area contributed by atoms with Crippen LogP contribution in [0.15, 0.2) is 16.9 Å². The number of carboxylic acid groups (broad SMARTS) is 1. The van der Waals surface area contributed by atoms with Gasteiger partial charge in [0.2, 0.25) is 0 Å². The summed E-state index contributed by atoms with van der Waals surface area (Å²) in [5.41, 5.74) is -0.229. The molecule has 1 aromatic heterocycles. The van der Waals surface area contributed by atoms with E-state index in [9.17, 15) is 14.4 Å². The number of carbonyl (C=O) groups excluding carboxylic acids is 1. The van der Waals surface area contributed by atoms with E-state index in [0.717, 1.165) is 17.5 Å². The third-order valence-corrected chi connectivity index (χ3v) is 2.97. The first-order chi connectivity index (χ1) is 8.97. The number of aryl methyl sites for hydroxylation is 1. The molecule has 1 aliphatic rings. The van der Waals surface area contributed by atoms with E-state index in [-0.39, 0.29) is 17.8 Å². The lowest BCUT2D eigenvalue weighted by Gasteiger charge is -2.20. The van der Waals surface area contributed by atoms with Crippen LogP contribution in [0, 0.1) is 5.92 Å². The van der Waals surface area contributed by atoms with Crippen LogP contribution in [0.3, 0.4) is 0 Å². The smallest absolute Gasteiger partial charge is 0.323 e. The first kappa shape index (κ1) is 13.3. The Morgan fingerprint density at radius 1 is 1.47 bits per heavy atom. The first-order valence-corrected chi connectivity index (χ1v) is 6.03. The highest BCUT2D eigenvalue weighted by molar-refractivity contribution is 5.93. The number of hydrogen-bond acceptors (Lipinski definition) is 4. The number of carboxylic acids is 1. The van der Waals surface area contributed by atoms with Crippen molar-refractivity contribution in [1.82, 2.24) is 14.7 Å². The third kappa shape index (κ3) is 3.40. The van der Waals surface area contributed by atoms with Gasteiger partial charge in [0.1, 0.15) is 12.2 Å². The minimum Gasteiger partial charge on any atom is -0.480 e. The van der Waals surface area contributed by atoms with Gasteiger partial charge in [-0.15, -0.1) is 0 Å². The van der Waals surface area contributed by atoms with E-state index in [1.54, 1.807) is 0 Å². The predicted octanol–water partition coefficient (Wildman–Crippen LogP) is -0.283. The van der Waals surface area contributed by atoms with Crippen molar-refractivity contribution in [3.8, 4) is 0 Å². The van der Waals surface area contributed by atoms with Gasteiger partial charge < -0.3 is 10.0 Å². The lowest BCUT2D eigenvalue weighted by molar-refractivity contribution is -0.137. The topological polar surface area (TPSA) is 92.5 Å². The van der Waals surface area contributed by atoms with Gasteiger partial charge in [0.15, 0.2) is 0 Å². The SMILES string of the molecule is Cn1nc(C(=O)N(CC(=O)O)CC2CC2)ccc1=O. The van der Waals surface area contributed by atoms with E-state index < -0.39 is 11.9 Å². The molecule has 0 unspecified atom stereocenters. The summed E-state index contributed by atoms with van der Waals surface area (Å²) in [4.78, 5) is 35.5. The van der Waals surface area contributed by atoms with E-state index >= 15 is 0 Å². The minimum atomic E-state index is -1.06. The average molecular weight is 265 g/mol. The maximum absolute atomic E-state index is 12.2. The number of carbonyl (C=O) groups is 2. The molecule has 102 valence electrons. The molecule has 0 spiro atoms. The van der Waals surface area contributed by atoms with Gasteiger partial charge in [0.05, 0.1) is 0 Å². The molecule has 1 fully saturated rings. The summed E-state index contributed by atoms with van der Waals surface area (Å²) in [6, 6.07) is 2.57. The highest BCUT2D eigenvalue weighted by Crippen LogP contribution is 2.29. The highest BCUT2D eigenvalue weighted by Gasteiger charge is 2.29. The van der Waals surface area contributed by atoms with Crippen molar-refractivity contribution in [1.29, 1.82) is 0 Å². The Morgan fingerprint density at radius 2 is 2.16 bits per heavy atom. The number of aliphatic carboxylic acids is 1. The summed E-state index contributed by atoms with van der Waals surface area (Å²) in [5, 5.41) is 12.7. The Bertz CT molecular complexity index is 562. The molecule has 0 aromatic carbocycles. The fourth-order valence-corrected chi connectivity index (χ4v) is 1.77. The van der Waals surface area contributed by atoms with Gasteiger partial charge in [0, 0.05) is 19.7 Å². The molecule has 0 bridgehead atoms. The van der Waals surface area contributed by atoms with Crippen LogP contribution in [0.25, 0.3) is 0 Å². The molecule has 1 aliphatic carbocycles. The summed E-state index contributed by atoms with van der Waals surface area (Å²) in [7, 11) is 1.45. The van der Waals surface area contributed by atoms with Crippen LogP contribution in [0.2, 0.25) is 0 Å². The van der Waals surface area contributed by atoms with Crippen molar-refractivity contribution in [2.45, 2.75) is 12.8 Å². The Morgan fingerprint density at radius 3 is 2.68 bits per heavy atom. The average Bonchev–Trinajstić information content (AvgIpc) is 3.14. The molecular formula is C12H15N3O4. The molecule has 1 aromatic rings. The van der Waals surface area contributed by atoms with Crippen molar-refractivity contribution in [2.75, 3.05) is 13.1 Å². The van der Waals surface area contributed by atoms with Crippen molar-refractivity contribution < 1.29 is 14.7 Å². The Labute approximate surface area is 109 Å². The van der Waals surface area contributed by atoms with Gasteiger partial charge in [-0.3, -0.25) is 14.4 Å². The van der Waals surface area contributed by atoms with Crippen LogP contribution in [0.4, 0.5) is 0 Å². The second-order valence-corrected chi connectivity index (χ2v) is 4.70. The Balaban J connectivity index is 2.18. The third-order valence-electron chi connectivity index (χ3n) is 2.97. The summed E-state index contributed by atoms with van der Waals surface area (Å²) < 4.78 is 1.06. The maximum atomic E-state index is 12.2. The summed E-state index contributed by atoms with van der Waals surface area (Å²) in [6.07, 6.45) is 2.04. The molecule has 1 saturated carbocycles. The Kier molecular flexibility index (Phi) is 3.64. The predicted molar refractivity (Wildman–Crippen MR) is 65.7 cm³/mol. The van der Waals surface area contributed by atoms with Crippen LogP contribution in [0.1, 0.15) is 23.3 Å². The molecule has 1 amide bonds. The maximum Gasteiger partial charge on any atom is 0.323 e. The fraction of sp³-hybridized carbons (Fsp3) is 0.500. The van der Waals surface area contributed by atoms with Crippen molar-refractivity contribution in [2.24, 2.45) is 13.0 Å². The fourth-order valence-electron chi connectivity index (χ4n) is 1.77. The van der Waals surface area contributed by atoms with E-state index in [2.05, 4.69) is 5.10 Å². The molecule has 1 heterocycles. The highest BCUT2D eigenvalue weighted by atomic mass is 16.4. The number of aromatic nitrogens is 2. The lowest BCUT2D eigenvalue weighted by atomic mass is 10.3. The van der Waals surface area contributed by atoms with Crippen LogP contribution in [-0.4, -0.2) is 44.8 Å². The van der Waals surface area contributed by atoms with Gasteiger partial charge in [-0.25, -0.2) is 4.68 Å². The minimum absolute atomic E-state index is 0.0870. The van der Waals surface area contributed by atoms with E-state index in [4.69, 9.17) is 5.11 Å². The van der Waals surface area contributed by atoms with E-state index in [1.807, 2.05) is 0 Å². The summed E-state index contributed by atoms with van der Waals surface area (Å²) >= 11 is 0. The van der Waals surface area contributed by atoms with Gasteiger partial charge >= 0.3 is 5.97 Å². The van der Waals surface area contributed by atoms with Gasteiger partial charge in [0.25, 0.3) is 11.5 Å². The molecule has 7 heteroatoms. The quantitative estimate of drug-likeness (QED) is 0.790. The first-order valence-electron chi connectivity index (χ1n) is 6.03. The zero-order chi connectivity index (χ0) is 14.0. The van der Waals surface area contributed by atoms with E-state index in [0.29, 0.717) is 12.5 Å². The molecule has 1 N–H and O–H groups in total. The van der Waals surface area contributed by atoms with Crippen LogP contribution >= 0.6 is 0 Å². The van der Waals surface area contributed by atoms with Crippen molar-refractivity contribution >= 4 is 11.9 Å². The van der Waals surface area contributed by atoms with Crippen LogP contribution < -0.4 is 5.56 Å². The zero-order valence-electron chi connectivity index (χ0n) is 10.6. The molecule has 0 saturated heterocycles. The number of hydrogen-bond donors (Lipinski definition) is 1. The molecule has 0 aliphatic heterocycles. The monoisotopic (exact) mass is 265 g/mol. The number of rotatable bonds is 5. The van der Waals surface area contributed by atoms with E-state index in [1.165, 1.54) is 24.1 Å². The molecule has 0 atom stereocenters. The molecule has 0 radical (unpaired) electrons. The molecule has 19 heavy (non-hydrogen) atoms. The normalized spacial score (nSPS) is 14.2. The second kappa shape index (κ2) is 5.21. The van der Waals surface area contributed by atoms with Crippen molar-refractivity contribution in [3.63, 3.8) is 0 Å². The molecule has 2 rings (SSSR count). The number of amides is 1. The summed E-state index contributed by atoms with van der Waals surface area (Å²) in [5.74, 6) is -1.13. The number of nitrogens with zero attached hydrogens (tertiary/aromatic N) is 3.